The molecule has 4 heteroatoms. The zero-order chi connectivity index (χ0) is 14.9. The Labute approximate surface area is 133 Å². The molecule has 3 rings (SSSR count). The molecular weight excluding hydrogens is 336 g/mol. The fourth-order valence-corrected chi connectivity index (χ4v) is 4.30. The molecular formula is C17H22BrF2N. The van der Waals surface area contributed by atoms with Crippen molar-refractivity contribution in [3.8, 4) is 0 Å². The summed E-state index contributed by atoms with van der Waals surface area (Å²) in [4.78, 5) is 2.20. The Morgan fingerprint density at radius 1 is 1.00 bits per heavy atom. The van der Waals surface area contributed by atoms with Crippen molar-refractivity contribution < 1.29 is 8.78 Å². The van der Waals surface area contributed by atoms with Gasteiger partial charge >= 0.3 is 0 Å². The van der Waals surface area contributed by atoms with E-state index >= 15 is 0 Å². The van der Waals surface area contributed by atoms with Crippen molar-refractivity contribution in [1.29, 1.82) is 0 Å². The maximum Gasteiger partial charge on any atom is 0.144 e. The fourth-order valence-electron chi connectivity index (χ4n) is 3.92. The Kier molecular flexibility index (Phi) is 4.65. The number of benzene rings is 1. The molecule has 1 nitrogen and oxygen atoms in total. The van der Waals surface area contributed by atoms with E-state index in [9.17, 15) is 8.78 Å². The average molecular weight is 358 g/mol. The monoisotopic (exact) mass is 357 g/mol. The van der Waals surface area contributed by atoms with Crippen LogP contribution in [0.1, 0.15) is 50.5 Å². The van der Waals surface area contributed by atoms with Crippen molar-refractivity contribution >= 4 is 15.9 Å². The quantitative estimate of drug-likeness (QED) is 0.651. The maximum atomic E-state index is 14.1. The number of hydrogen-bond donors (Lipinski definition) is 0. The molecule has 1 saturated heterocycles. The van der Waals surface area contributed by atoms with E-state index in [1.807, 2.05) is 0 Å². The number of hydrogen-bond acceptors (Lipinski definition) is 1. The number of likely N-dealkylation sites (tertiary alicyclic amines) is 1. The third-order valence-electron chi connectivity index (χ3n) is 5.35. The van der Waals surface area contributed by atoms with Gasteiger partial charge in [-0.05, 0) is 72.3 Å². The van der Waals surface area contributed by atoms with Gasteiger partial charge in [-0.1, -0.05) is 19.3 Å². The van der Waals surface area contributed by atoms with Crippen LogP contribution < -0.4 is 0 Å². The predicted molar refractivity (Wildman–Crippen MR) is 84.1 cm³/mol. The van der Waals surface area contributed by atoms with E-state index in [1.165, 1.54) is 57.1 Å². The molecule has 0 atom stereocenters. The molecule has 0 unspecified atom stereocenters. The van der Waals surface area contributed by atoms with Gasteiger partial charge in [0.25, 0.3) is 0 Å². The molecule has 1 saturated carbocycles. The highest BCUT2D eigenvalue weighted by molar-refractivity contribution is 9.10. The minimum Gasteiger partial charge on any atom is -0.299 e. The van der Waals surface area contributed by atoms with E-state index in [0.717, 1.165) is 13.1 Å². The second kappa shape index (κ2) is 6.33. The smallest absolute Gasteiger partial charge is 0.144 e. The summed E-state index contributed by atoms with van der Waals surface area (Å²) in [5.74, 6) is -0.887. The first kappa shape index (κ1) is 15.4. The SMILES string of the molecule is Fc1ccc(Br)c(F)c1CN1CCC2(CCCCC2)CC1. The van der Waals surface area contributed by atoms with Crippen LogP contribution in [0.4, 0.5) is 8.78 Å². The first-order valence-electron chi connectivity index (χ1n) is 7.94. The Bertz CT molecular complexity index is 502. The van der Waals surface area contributed by atoms with Crippen LogP contribution in [0.15, 0.2) is 16.6 Å². The predicted octanol–water partition coefficient (Wildman–Crippen LogP) is 5.27. The standard InChI is InChI=1S/C17H22BrF2N/c18-14-4-5-15(19)13(16(14)20)12-21-10-8-17(9-11-21)6-2-1-3-7-17/h4-5H,1-3,6-12H2. The van der Waals surface area contributed by atoms with Gasteiger partial charge in [0.05, 0.1) is 4.47 Å². The van der Waals surface area contributed by atoms with Crippen molar-refractivity contribution in [2.24, 2.45) is 5.41 Å². The first-order valence-corrected chi connectivity index (χ1v) is 8.74. The topological polar surface area (TPSA) is 3.24 Å². The zero-order valence-electron chi connectivity index (χ0n) is 12.3. The van der Waals surface area contributed by atoms with Crippen molar-refractivity contribution in [2.75, 3.05) is 13.1 Å². The molecule has 2 fully saturated rings. The van der Waals surface area contributed by atoms with Crippen molar-refractivity contribution in [3.63, 3.8) is 0 Å². The molecule has 1 aliphatic heterocycles. The van der Waals surface area contributed by atoms with E-state index < -0.39 is 11.6 Å². The number of halogens is 3. The van der Waals surface area contributed by atoms with Crippen LogP contribution in [-0.2, 0) is 6.54 Å². The molecule has 0 amide bonds. The van der Waals surface area contributed by atoms with E-state index in [1.54, 1.807) is 0 Å². The Hall–Kier alpha value is -0.480. The summed E-state index contributed by atoms with van der Waals surface area (Å²) in [5.41, 5.74) is 0.729. The summed E-state index contributed by atoms with van der Waals surface area (Å²) < 4.78 is 28.2. The Balaban J connectivity index is 1.64. The van der Waals surface area contributed by atoms with Gasteiger partial charge in [0.1, 0.15) is 11.6 Å². The van der Waals surface area contributed by atoms with Gasteiger partial charge in [-0.25, -0.2) is 8.78 Å². The zero-order valence-corrected chi connectivity index (χ0v) is 13.9. The number of nitrogens with zero attached hydrogens (tertiary/aromatic N) is 1. The van der Waals surface area contributed by atoms with Crippen LogP contribution in [0.5, 0.6) is 0 Å². The molecule has 1 aromatic rings. The summed E-state index contributed by atoms with van der Waals surface area (Å²) in [7, 11) is 0. The van der Waals surface area contributed by atoms with Crippen LogP contribution in [0.25, 0.3) is 0 Å². The molecule has 0 bridgehead atoms. The van der Waals surface area contributed by atoms with Gasteiger partial charge in [-0.2, -0.15) is 0 Å². The highest BCUT2D eigenvalue weighted by Gasteiger charge is 2.35. The van der Waals surface area contributed by atoms with Gasteiger partial charge in [0.15, 0.2) is 0 Å². The Morgan fingerprint density at radius 2 is 1.67 bits per heavy atom. The van der Waals surface area contributed by atoms with Crippen molar-refractivity contribution in [1.82, 2.24) is 4.90 Å². The van der Waals surface area contributed by atoms with E-state index in [2.05, 4.69) is 20.8 Å². The lowest BCUT2D eigenvalue weighted by Crippen LogP contribution is -2.40. The second-order valence-corrected chi connectivity index (χ2v) is 7.51. The molecule has 0 aromatic heterocycles. The maximum absolute atomic E-state index is 14.1. The summed E-state index contributed by atoms with van der Waals surface area (Å²) in [6.07, 6.45) is 9.15. The normalized spacial score (nSPS) is 22.6. The molecule has 116 valence electrons. The highest BCUT2D eigenvalue weighted by Crippen LogP contribution is 2.44. The minimum atomic E-state index is -0.451. The lowest BCUT2D eigenvalue weighted by molar-refractivity contribution is 0.0630. The summed E-state index contributed by atoms with van der Waals surface area (Å²) >= 11 is 3.14. The second-order valence-electron chi connectivity index (χ2n) is 6.66. The van der Waals surface area contributed by atoms with Gasteiger partial charge in [0.2, 0.25) is 0 Å². The van der Waals surface area contributed by atoms with Crippen LogP contribution in [0.2, 0.25) is 0 Å². The Morgan fingerprint density at radius 3 is 2.33 bits per heavy atom. The van der Waals surface area contributed by atoms with E-state index in [-0.39, 0.29) is 5.56 Å². The summed E-state index contributed by atoms with van der Waals surface area (Å²) in [5, 5.41) is 0. The van der Waals surface area contributed by atoms with Crippen LogP contribution in [0, 0.1) is 17.0 Å². The van der Waals surface area contributed by atoms with Crippen LogP contribution >= 0.6 is 15.9 Å². The lowest BCUT2D eigenvalue weighted by Gasteiger charge is -2.44. The van der Waals surface area contributed by atoms with E-state index in [4.69, 9.17) is 0 Å². The van der Waals surface area contributed by atoms with Gasteiger partial charge in [0, 0.05) is 12.1 Å². The highest BCUT2D eigenvalue weighted by atomic mass is 79.9. The lowest BCUT2D eigenvalue weighted by atomic mass is 9.68. The molecule has 0 N–H and O–H groups in total. The van der Waals surface area contributed by atoms with Gasteiger partial charge in [-0.3, -0.25) is 4.90 Å². The number of rotatable bonds is 2. The number of piperidine rings is 1. The molecule has 0 radical (unpaired) electrons. The molecule has 1 spiro atoms. The van der Waals surface area contributed by atoms with E-state index in [0.29, 0.717) is 16.4 Å². The largest absolute Gasteiger partial charge is 0.299 e. The third-order valence-corrected chi connectivity index (χ3v) is 5.96. The molecule has 21 heavy (non-hydrogen) atoms. The summed E-state index contributed by atoms with van der Waals surface area (Å²) in [6.45, 7) is 2.31. The minimum absolute atomic E-state index is 0.198. The molecule has 2 aliphatic rings. The molecule has 1 heterocycles. The van der Waals surface area contributed by atoms with Crippen molar-refractivity contribution in [3.05, 3.63) is 33.8 Å². The van der Waals surface area contributed by atoms with Crippen LogP contribution in [-0.4, -0.2) is 18.0 Å². The third kappa shape index (κ3) is 3.31. The summed E-state index contributed by atoms with van der Waals surface area (Å²) in [6, 6.07) is 2.77. The van der Waals surface area contributed by atoms with Gasteiger partial charge < -0.3 is 0 Å². The average Bonchev–Trinajstić information content (AvgIpc) is 2.51. The van der Waals surface area contributed by atoms with Gasteiger partial charge in [-0.15, -0.1) is 0 Å². The first-order chi connectivity index (χ1) is 10.1. The fraction of sp³-hybridized carbons (Fsp3) is 0.647. The molecule has 1 aliphatic carbocycles. The van der Waals surface area contributed by atoms with Crippen LogP contribution in [0.3, 0.4) is 0 Å². The van der Waals surface area contributed by atoms with Crippen molar-refractivity contribution in [2.45, 2.75) is 51.5 Å². The molecule has 1 aromatic carbocycles.